The number of aromatic nitrogens is 2. The minimum Gasteiger partial charge on any atom is -0.493 e. The van der Waals surface area contributed by atoms with Gasteiger partial charge in [-0.3, -0.25) is 9.59 Å². The van der Waals surface area contributed by atoms with Crippen molar-refractivity contribution in [2.24, 2.45) is 5.10 Å². The van der Waals surface area contributed by atoms with Crippen LogP contribution < -0.4 is 20.3 Å². The second-order valence-electron chi connectivity index (χ2n) is 9.83. The monoisotopic (exact) mass is 670 g/mol. The predicted molar refractivity (Wildman–Crippen MR) is 175 cm³/mol. The molecule has 2 heterocycles. The molecule has 0 atom stereocenters. The summed E-state index contributed by atoms with van der Waals surface area (Å²) in [6.07, 6.45) is 1.50. The Bertz CT molecular complexity index is 2120. The van der Waals surface area contributed by atoms with Gasteiger partial charge in [0.15, 0.2) is 23.9 Å². The molecule has 11 heteroatoms. The van der Waals surface area contributed by atoms with Gasteiger partial charge in [-0.25, -0.2) is 4.98 Å². The number of anilines is 1. The van der Waals surface area contributed by atoms with Crippen molar-refractivity contribution >= 4 is 67.2 Å². The number of carbonyl (C=O) groups is 1. The fraction of sp³-hybridized carbons (Fsp3) is 0.0909. The Hall–Kier alpha value is -4.93. The van der Waals surface area contributed by atoms with Crippen molar-refractivity contribution in [2.75, 3.05) is 19.0 Å². The van der Waals surface area contributed by atoms with E-state index in [4.69, 9.17) is 30.5 Å². The number of hydrogen-bond donors (Lipinski definition) is 1. The Kier molecular flexibility index (Phi) is 8.19. The Labute approximate surface area is 264 Å². The maximum atomic E-state index is 13.6. The Balaban J connectivity index is 1.31. The number of benzene rings is 4. The summed E-state index contributed by atoms with van der Waals surface area (Å²) in [4.78, 5) is 30.8. The van der Waals surface area contributed by atoms with Gasteiger partial charge in [0, 0.05) is 26.1 Å². The van der Waals surface area contributed by atoms with Crippen molar-refractivity contribution in [1.82, 2.24) is 9.66 Å². The summed E-state index contributed by atoms with van der Waals surface area (Å²) in [5.41, 5.74) is 3.08. The highest BCUT2D eigenvalue weighted by molar-refractivity contribution is 9.10. The van der Waals surface area contributed by atoms with Gasteiger partial charge in [-0.2, -0.15) is 9.78 Å². The van der Waals surface area contributed by atoms with Gasteiger partial charge in [-0.05, 0) is 83.5 Å². The van der Waals surface area contributed by atoms with Crippen LogP contribution in [0.5, 0.6) is 11.5 Å². The summed E-state index contributed by atoms with van der Waals surface area (Å²) in [6.45, 7) is 1.74. The molecule has 0 radical (unpaired) electrons. The molecular weight excluding hydrogens is 648 g/mol. The van der Waals surface area contributed by atoms with Crippen LogP contribution in [0.1, 0.15) is 11.1 Å². The number of nitrogens with one attached hydrogen (secondary N) is 1. The number of para-hydroxylation sites is 1. The first-order valence-electron chi connectivity index (χ1n) is 13.4. The summed E-state index contributed by atoms with van der Waals surface area (Å²) >= 11 is 9.71. The number of methoxy groups -OCH3 is 1. The lowest BCUT2D eigenvalue weighted by atomic mass is 10.2. The molecule has 0 aliphatic carbocycles. The van der Waals surface area contributed by atoms with Crippen LogP contribution in [0.3, 0.4) is 0 Å². The molecule has 0 aliphatic rings. The third-order valence-electron chi connectivity index (χ3n) is 6.74. The SMILES string of the molecule is COc1cc(C=Nn2c(-c3cc4cc(Cl)ccc4o3)nc3ccccc3c2=O)c(Br)cc1OCC(=O)Nc1ccc(C)cc1. The van der Waals surface area contributed by atoms with E-state index in [1.807, 2.05) is 37.3 Å². The minimum absolute atomic E-state index is 0.222. The van der Waals surface area contributed by atoms with E-state index in [2.05, 4.69) is 26.3 Å². The molecule has 2 aromatic heterocycles. The summed E-state index contributed by atoms with van der Waals surface area (Å²) in [5, 5.41) is 9.05. The highest BCUT2D eigenvalue weighted by Gasteiger charge is 2.17. The number of halogens is 2. The summed E-state index contributed by atoms with van der Waals surface area (Å²) < 4.78 is 19.1. The molecule has 0 bridgehead atoms. The van der Waals surface area contributed by atoms with E-state index in [9.17, 15) is 9.59 Å². The molecule has 1 N–H and O–H groups in total. The molecule has 0 saturated heterocycles. The predicted octanol–water partition coefficient (Wildman–Crippen LogP) is 7.44. The van der Waals surface area contributed by atoms with E-state index >= 15 is 0 Å². The van der Waals surface area contributed by atoms with Crippen LogP contribution in [-0.4, -0.2) is 35.5 Å². The van der Waals surface area contributed by atoms with Gasteiger partial charge in [0.25, 0.3) is 11.5 Å². The van der Waals surface area contributed by atoms with Gasteiger partial charge in [0.05, 0.1) is 24.2 Å². The number of rotatable bonds is 8. The average molecular weight is 672 g/mol. The third kappa shape index (κ3) is 6.08. The Morgan fingerprint density at radius 2 is 1.86 bits per heavy atom. The molecule has 0 spiro atoms. The van der Waals surface area contributed by atoms with Crippen molar-refractivity contribution in [1.29, 1.82) is 0 Å². The molecule has 0 aliphatic heterocycles. The van der Waals surface area contributed by atoms with Crippen LogP contribution >= 0.6 is 27.5 Å². The number of nitrogens with zero attached hydrogens (tertiary/aromatic N) is 3. The number of furan rings is 1. The topological polar surface area (TPSA) is 108 Å². The summed E-state index contributed by atoms with van der Waals surface area (Å²) in [7, 11) is 1.49. The van der Waals surface area contributed by atoms with E-state index in [1.54, 1.807) is 54.6 Å². The van der Waals surface area contributed by atoms with Gasteiger partial charge >= 0.3 is 0 Å². The molecule has 1 amide bonds. The maximum Gasteiger partial charge on any atom is 0.282 e. The van der Waals surface area contributed by atoms with Gasteiger partial charge in [0.1, 0.15) is 5.58 Å². The van der Waals surface area contributed by atoms with Crippen LogP contribution in [0.15, 0.2) is 104 Å². The minimum atomic E-state index is -0.372. The lowest BCUT2D eigenvalue weighted by Crippen LogP contribution is -2.20. The zero-order valence-corrected chi connectivity index (χ0v) is 25.8. The van der Waals surface area contributed by atoms with Crippen molar-refractivity contribution in [3.8, 4) is 23.1 Å². The van der Waals surface area contributed by atoms with Crippen LogP contribution in [0.25, 0.3) is 33.5 Å². The van der Waals surface area contributed by atoms with Gasteiger partial charge < -0.3 is 19.2 Å². The van der Waals surface area contributed by atoms with E-state index < -0.39 is 0 Å². The lowest BCUT2D eigenvalue weighted by Gasteiger charge is -2.13. The van der Waals surface area contributed by atoms with E-state index in [-0.39, 0.29) is 23.9 Å². The molecule has 6 rings (SSSR count). The molecular formula is C33H24BrClN4O5. The first-order valence-corrected chi connectivity index (χ1v) is 14.6. The average Bonchev–Trinajstić information content (AvgIpc) is 3.44. The lowest BCUT2D eigenvalue weighted by molar-refractivity contribution is -0.118. The largest absolute Gasteiger partial charge is 0.493 e. The number of hydrogen-bond acceptors (Lipinski definition) is 7. The molecule has 0 fully saturated rings. The number of amides is 1. The molecule has 4 aromatic carbocycles. The normalized spacial score (nSPS) is 11.4. The maximum absolute atomic E-state index is 13.6. The molecule has 220 valence electrons. The fourth-order valence-corrected chi connectivity index (χ4v) is 5.14. The Morgan fingerprint density at radius 3 is 2.66 bits per heavy atom. The first-order chi connectivity index (χ1) is 21.3. The smallest absolute Gasteiger partial charge is 0.282 e. The molecule has 0 saturated carbocycles. The fourth-order valence-electron chi connectivity index (χ4n) is 4.53. The quantitative estimate of drug-likeness (QED) is 0.169. The van der Waals surface area contributed by atoms with E-state index in [0.717, 1.165) is 10.9 Å². The zero-order valence-electron chi connectivity index (χ0n) is 23.5. The summed E-state index contributed by atoms with van der Waals surface area (Å²) in [5.74, 6) is 0.977. The van der Waals surface area contributed by atoms with Crippen molar-refractivity contribution in [3.05, 3.63) is 116 Å². The second-order valence-corrected chi connectivity index (χ2v) is 11.1. The zero-order chi connectivity index (χ0) is 30.8. The van der Waals surface area contributed by atoms with E-state index in [1.165, 1.54) is 18.0 Å². The highest BCUT2D eigenvalue weighted by Crippen LogP contribution is 2.33. The van der Waals surface area contributed by atoms with Crippen molar-refractivity contribution in [2.45, 2.75) is 6.92 Å². The van der Waals surface area contributed by atoms with Crippen LogP contribution in [0, 0.1) is 6.92 Å². The standard InChI is InChI=1S/C33H24BrClN4O5/c1-19-7-10-23(11-8-19)37-31(40)18-43-29-16-25(34)21(15-28(29)42-2)17-36-39-32(38-26-6-4-3-5-24(26)33(39)41)30-14-20-13-22(35)9-12-27(20)44-30/h3-17H,18H2,1-2H3,(H,37,40). The summed E-state index contributed by atoms with van der Waals surface area (Å²) in [6, 6.07) is 24.9. The van der Waals surface area contributed by atoms with E-state index in [0.29, 0.717) is 54.5 Å². The van der Waals surface area contributed by atoms with Crippen LogP contribution in [0.2, 0.25) is 5.02 Å². The number of carbonyl (C=O) groups excluding carboxylic acids is 1. The van der Waals surface area contributed by atoms with Crippen LogP contribution in [-0.2, 0) is 4.79 Å². The first kappa shape index (κ1) is 29.2. The highest BCUT2D eigenvalue weighted by atomic mass is 79.9. The molecule has 44 heavy (non-hydrogen) atoms. The van der Waals surface area contributed by atoms with Gasteiger partial charge in [-0.15, -0.1) is 0 Å². The third-order valence-corrected chi connectivity index (χ3v) is 7.66. The number of fused-ring (bicyclic) bond motifs is 2. The van der Waals surface area contributed by atoms with Crippen LogP contribution in [0.4, 0.5) is 5.69 Å². The van der Waals surface area contributed by atoms with Gasteiger partial charge in [0.2, 0.25) is 5.82 Å². The van der Waals surface area contributed by atoms with Crippen molar-refractivity contribution < 1.29 is 18.7 Å². The molecule has 0 unspecified atom stereocenters. The Morgan fingerprint density at radius 1 is 1.07 bits per heavy atom. The van der Waals surface area contributed by atoms with Gasteiger partial charge in [-0.1, -0.05) is 41.4 Å². The second kappa shape index (κ2) is 12.4. The number of aryl methyl sites for hydroxylation is 1. The molecule has 9 nitrogen and oxygen atoms in total. The molecule has 6 aromatic rings. The van der Waals surface area contributed by atoms with Crippen molar-refractivity contribution in [3.63, 3.8) is 0 Å². The number of ether oxygens (including phenoxy) is 2.